The first kappa shape index (κ1) is 20.8. The van der Waals surface area contributed by atoms with Crippen LogP contribution in [0.2, 0.25) is 0 Å². The number of carboxylic acid groups (broad SMARTS) is 1. The molecule has 0 atom stereocenters. The standard InChI is InChI=1S/C21H15F3N4O2/c1-2-17-15(6-3-12-4-8-18(25)26-10-12)19(28-11-27-17)13-5-7-14(20(29)30)16(9-13)21(22,23)24/h4-5,7-11H,2H2,1H3,(H2,25,26)(H,29,30). The van der Waals surface area contributed by atoms with Crippen molar-refractivity contribution < 1.29 is 23.1 Å². The Bertz CT molecular complexity index is 1160. The summed E-state index contributed by atoms with van der Waals surface area (Å²) in [7, 11) is 0. The van der Waals surface area contributed by atoms with Gasteiger partial charge in [0.1, 0.15) is 12.1 Å². The zero-order valence-electron chi connectivity index (χ0n) is 15.7. The molecular weight excluding hydrogens is 397 g/mol. The van der Waals surface area contributed by atoms with Gasteiger partial charge in [0, 0.05) is 17.3 Å². The van der Waals surface area contributed by atoms with Crippen LogP contribution in [0, 0.1) is 11.8 Å². The third-order valence-corrected chi connectivity index (χ3v) is 4.21. The second kappa shape index (κ2) is 8.21. The number of nitrogen functional groups attached to an aromatic ring is 1. The molecule has 0 aliphatic heterocycles. The Balaban J connectivity index is 2.18. The Morgan fingerprint density at radius 1 is 1.13 bits per heavy atom. The van der Waals surface area contributed by atoms with Crippen molar-refractivity contribution in [3.05, 3.63) is 70.8 Å². The van der Waals surface area contributed by atoms with Crippen LogP contribution in [0.15, 0.2) is 42.9 Å². The number of aromatic carboxylic acids is 1. The van der Waals surface area contributed by atoms with E-state index in [9.17, 15) is 18.0 Å². The van der Waals surface area contributed by atoms with Gasteiger partial charge in [-0.05, 0) is 30.7 Å². The lowest BCUT2D eigenvalue weighted by Gasteiger charge is -2.13. The van der Waals surface area contributed by atoms with E-state index in [-0.39, 0.29) is 11.3 Å². The number of aryl methyl sites for hydroxylation is 1. The van der Waals surface area contributed by atoms with Crippen molar-refractivity contribution in [1.29, 1.82) is 0 Å². The summed E-state index contributed by atoms with van der Waals surface area (Å²) in [5.74, 6) is 4.46. The normalized spacial score (nSPS) is 10.9. The third-order valence-electron chi connectivity index (χ3n) is 4.21. The van der Waals surface area contributed by atoms with Crippen LogP contribution in [0.3, 0.4) is 0 Å². The highest BCUT2D eigenvalue weighted by Gasteiger charge is 2.36. The van der Waals surface area contributed by atoms with Crippen LogP contribution in [0.5, 0.6) is 0 Å². The second-order valence-electron chi connectivity index (χ2n) is 6.18. The van der Waals surface area contributed by atoms with Crippen LogP contribution in [0.4, 0.5) is 19.0 Å². The van der Waals surface area contributed by atoms with Gasteiger partial charge in [-0.3, -0.25) is 0 Å². The summed E-state index contributed by atoms with van der Waals surface area (Å²) < 4.78 is 40.2. The smallest absolute Gasteiger partial charge is 0.417 e. The van der Waals surface area contributed by atoms with E-state index in [0.29, 0.717) is 29.1 Å². The second-order valence-corrected chi connectivity index (χ2v) is 6.18. The number of halogens is 3. The van der Waals surface area contributed by atoms with Crippen molar-refractivity contribution in [3.63, 3.8) is 0 Å². The number of nitrogens with zero attached hydrogens (tertiary/aromatic N) is 3. The van der Waals surface area contributed by atoms with Crippen molar-refractivity contribution in [3.8, 4) is 23.1 Å². The van der Waals surface area contributed by atoms with Crippen LogP contribution in [0.1, 0.15) is 39.7 Å². The summed E-state index contributed by atoms with van der Waals surface area (Å²) in [5.41, 5.74) is 5.18. The Morgan fingerprint density at radius 2 is 1.90 bits per heavy atom. The van der Waals surface area contributed by atoms with E-state index in [4.69, 9.17) is 10.8 Å². The van der Waals surface area contributed by atoms with Gasteiger partial charge in [0.15, 0.2) is 0 Å². The number of hydrogen-bond donors (Lipinski definition) is 2. The van der Waals surface area contributed by atoms with Gasteiger partial charge in [-0.15, -0.1) is 0 Å². The van der Waals surface area contributed by atoms with E-state index in [1.54, 1.807) is 12.1 Å². The van der Waals surface area contributed by atoms with Crippen molar-refractivity contribution in [2.45, 2.75) is 19.5 Å². The van der Waals surface area contributed by atoms with Crippen LogP contribution in [-0.2, 0) is 12.6 Å². The number of carbonyl (C=O) groups is 1. The monoisotopic (exact) mass is 412 g/mol. The van der Waals surface area contributed by atoms with Gasteiger partial charge < -0.3 is 10.8 Å². The molecule has 0 unspecified atom stereocenters. The van der Waals surface area contributed by atoms with Gasteiger partial charge in [0.05, 0.1) is 28.1 Å². The van der Waals surface area contributed by atoms with Gasteiger partial charge in [0.2, 0.25) is 0 Å². The SMILES string of the molecule is CCc1ncnc(-c2ccc(C(=O)O)c(C(F)(F)F)c2)c1C#Cc1ccc(N)nc1. The highest BCUT2D eigenvalue weighted by molar-refractivity contribution is 5.90. The average molecular weight is 412 g/mol. The summed E-state index contributed by atoms with van der Waals surface area (Å²) in [6.07, 6.45) is -1.66. The molecule has 3 aromatic rings. The maximum absolute atomic E-state index is 13.4. The molecule has 30 heavy (non-hydrogen) atoms. The Labute approximate surface area is 169 Å². The molecule has 0 spiro atoms. The molecule has 0 saturated carbocycles. The first-order valence-electron chi connectivity index (χ1n) is 8.73. The fourth-order valence-electron chi connectivity index (χ4n) is 2.77. The largest absolute Gasteiger partial charge is 0.478 e. The van der Waals surface area contributed by atoms with E-state index >= 15 is 0 Å². The number of alkyl halides is 3. The van der Waals surface area contributed by atoms with Gasteiger partial charge >= 0.3 is 12.1 Å². The molecule has 0 aliphatic rings. The van der Waals surface area contributed by atoms with Crippen molar-refractivity contribution >= 4 is 11.8 Å². The summed E-state index contributed by atoms with van der Waals surface area (Å²) in [6.45, 7) is 1.83. The first-order valence-corrected chi connectivity index (χ1v) is 8.73. The van der Waals surface area contributed by atoms with E-state index in [0.717, 1.165) is 12.1 Å². The third kappa shape index (κ3) is 4.38. The molecule has 2 aromatic heterocycles. The topological polar surface area (TPSA) is 102 Å². The molecule has 0 aliphatic carbocycles. The molecule has 2 heterocycles. The molecular formula is C21H15F3N4O2. The predicted molar refractivity (Wildman–Crippen MR) is 103 cm³/mol. The van der Waals surface area contributed by atoms with E-state index < -0.39 is 23.3 Å². The minimum Gasteiger partial charge on any atom is -0.478 e. The molecule has 152 valence electrons. The van der Waals surface area contributed by atoms with Crippen molar-refractivity contribution in [1.82, 2.24) is 15.0 Å². The summed E-state index contributed by atoms with van der Waals surface area (Å²) >= 11 is 0. The Morgan fingerprint density at radius 3 is 2.50 bits per heavy atom. The molecule has 9 heteroatoms. The lowest BCUT2D eigenvalue weighted by Crippen LogP contribution is -2.13. The number of aromatic nitrogens is 3. The summed E-state index contributed by atoms with van der Waals surface area (Å²) in [5, 5.41) is 9.09. The molecule has 0 fully saturated rings. The van der Waals surface area contributed by atoms with E-state index in [1.807, 2.05) is 6.92 Å². The number of nitrogens with two attached hydrogens (primary N) is 1. The number of rotatable bonds is 3. The maximum atomic E-state index is 13.4. The van der Waals surface area contributed by atoms with Gasteiger partial charge in [-0.1, -0.05) is 24.8 Å². The predicted octanol–water partition coefficient (Wildman–Crippen LogP) is 3.80. The Hall–Kier alpha value is -3.93. The Kier molecular flexibility index (Phi) is 5.69. The fraction of sp³-hybridized carbons (Fsp3) is 0.143. The number of carboxylic acids is 1. The van der Waals surface area contributed by atoms with Gasteiger partial charge in [0.25, 0.3) is 0 Å². The highest BCUT2D eigenvalue weighted by Crippen LogP contribution is 2.35. The average Bonchev–Trinajstić information content (AvgIpc) is 2.72. The quantitative estimate of drug-likeness (QED) is 0.635. The molecule has 0 radical (unpaired) electrons. The summed E-state index contributed by atoms with van der Waals surface area (Å²) in [6, 6.07) is 6.19. The molecule has 1 aromatic carbocycles. The first-order chi connectivity index (χ1) is 14.2. The number of pyridine rings is 1. The van der Waals surface area contributed by atoms with Crippen LogP contribution < -0.4 is 5.73 Å². The zero-order valence-corrected chi connectivity index (χ0v) is 15.7. The number of benzene rings is 1. The molecule has 0 amide bonds. The highest BCUT2D eigenvalue weighted by atomic mass is 19.4. The minimum atomic E-state index is -4.84. The van der Waals surface area contributed by atoms with E-state index in [2.05, 4.69) is 26.8 Å². The lowest BCUT2D eigenvalue weighted by atomic mass is 9.98. The van der Waals surface area contributed by atoms with Gasteiger partial charge in [-0.25, -0.2) is 19.7 Å². The van der Waals surface area contributed by atoms with Crippen molar-refractivity contribution in [2.75, 3.05) is 5.73 Å². The van der Waals surface area contributed by atoms with Crippen LogP contribution in [-0.4, -0.2) is 26.0 Å². The molecule has 6 nitrogen and oxygen atoms in total. The van der Waals surface area contributed by atoms with Crippen LogP contribution >= 0.6 is 0 Å². The molecule has 3 rings (SSSR count). The summed E-state index contributed by atoms with van der Waals surface area (Å²) in [4.78, 5) is 23.4. The van der Waals surface area contributed by atoms with E-state index in [1.165, 1.54) is 18.6 Å². The number of anilines is 1. The fourth-order valence-corrected chi connectivity index (χ4v) is 2.77. The maximum Gasteiger partial charge on any atom is 0.417 e. The number of hydrogen-bond acceptors (Lipinski definition) is 5. The molecule has 0 saturated heterocycles. The zero-order chi connectivity index (χ0) is 21.9. The van der Waals surface area contributed by atoms with Gasteiger partial charge in [-0.2, -0.15) is 13.2 Å². The van der Waals surface area contributed by atoms with Crippen LogP contribution in [0.25, 0.3) is 11.3 Å². The van der Waals surface area contributed by atoms with Crippen molar-refractivity contribution in [2.24, 2.45) is 0 Å². The molecule has 0 bridgehead atoms. The lowest BCUT2D eigenvalue weighted by molar-refractivity contribution is -0.138. The minimum absolute atomic E-state index is 0.0872. The molecule has 3 N–H and O–H groups in total.